The highest BCUT2D eigenvalue weighted by molar-refractivity contribution is 5.79. The van der Waals surface area contributed by atoms with Gasteiger partial charge in [0.05, 0.1) is 11.0 Å². The van der Waals surface area contributed by atoms with Gasteiger partial charge in [-0.25, -0.2) is 4.98 Å². The molecule has 5 nitrogen and oxygen atoms in total. The van der Waals surface area contributed by atoms with Crippen LogP contribution in [-0.2, 0) is 12.8 Å². The third-order valence-corrected chi connectivity index (χ3v) is 4.39. The molecule has 0 radical (unpaired) electrons. The summed E-state index contributed by atoms with van der Waals surface area (Å²) < 4.78 is 2.27. The van der Waals surface area contributed by atoms with E-state index in [1.807, 2.05) is 0 Å². The predicted molar refractivity (Wildman–Crippen MR) is 102 cm³/mol. The number of unbranched alkanes of at least 4 members (excludes halogenated alkanes) is 1. The second kappa shape index (κ2) is 7.86. The highest BCUT2D eigenvalue weighted by atomic mass is 15.1. The molecule has 0 saturated carbocycles. The van der Waals surface area contributed by atoms with Gasteiger partial charge in [-0.05, 0) is 60.7 Å². The molecule has 5 heteroatoms. The molecule has 0 aliphatic rings. The van der Waals surface area contributed by atoms with Crippen molar-refractivity contribution in [3.05, 3.63) is 69.9 Å². The number of aryl methyl sites for hydroxylation is 2. The molecular weight excluding hydrogens is 310 g/mol. The Bertz CT molecular complexity index is 902. The number of hydrogen-bond donors (Lipinski definition) is 0. The van der Waals surface area contributed by atoms with Gasteiger partial charge in [0, 0.05) is 23.6 Å². The van der Waals surface area contributed by atoms with Crippen molar-refractivity contribution in [3.63, 3.8) is 0 Å². The maximum Gasteiger partial charge on any atom is 0.114 e. The van der Waals surface area contributed by atoms with Crippen molar-refractivity contribution >= 4 is 11.0 Å². The Labute approximate surface area is 147 Å². The first-order valence-electron chi connectivity index (χ1n) is 8.81. The van der Waals surface area contributed by atoms with Crippen LogP contribution in [-0.4, -0.2) is 16.1 Å². The first-order chi connectivity index (χ1) is 12.2. The van der Waals surface area contributed by atoms with Crippen LogP contribution in [0.2, 0.25) is 0 Å². The van der Waals surface area contributed by atoms with Crippen molar-refractivity contribution < 1.29 is 0 Å². The Morgan fingerprint density at radius 2 is 1.92 bits per heavy atom. The second-order valence-electron chi connectivity index (χ2n) is 6.33. The summed E-state index contributed by atoms with van der Waals surface area (Å²) in [5.74, 6) is 1.12. The maximum atomic E-state index is 8.39. The molecule has 0 spiro atoms. The molecule has 0 bridgehead atoms. The summed E-state index contributed by atoms with van der Waals surface area (Å²) >= 11 is 0. The number of hydrogen-bond acceptors (Lipinski definition) is 2. The monoisotopic (exact) mass is 333 g/mol. The summed E-state index contributed by atoms with van der Waals surface area (Å²) in [7, 11) is 0. The van der Waals surface area contributed by atoms with Gasteiger partial charge < -0.3 is 0 Å². The van der Waals surface area contributed by atoms with E-state index in [-0.39, 0.29) is 0 Å². The average molecular weight is 333 g/mol. The fourth-order valence-corrected chi connectivity index (χ4v) is 3.06. The lowest BCUT2D eigenvalue weighted by molar-refractivity contribution is 0.744. The molecule has 1 heterocycles. The van der Waals surface area contributed by atoms with Gasteiger partial charge in [0.15, 0.2) is 0 Å². The van der Waals surface area contributed by atoms with E-state index in [2.05, 4.69) is 70.9 Å². The van der Waals surface area contributed by atoms with E-state index >= 15 is 0 Å². The summed E-state index contributed by atoms with van der Waals surface area (Å²) in [4.78, 5) is 7.66. The van der Waals surface area contributed by atoms with Crippen molar-refractivity contribution in [2.75, 3.05) is 6.54 Å². The van der Waals surface area contributed by atoms with Crippen LogP contribution in [0.4, 0.5) is 0 Å². The van der Waals surface area contributed by atoms with E-state index in [0.29, 0.717) is 6.54 Å². The molecular formula is C20H23N5. The van der Waals surface area contributed by atoms with Gasteiger partial charge in [-0.1, -0.05) is 36.7 Å². The third kappa shape index (κ3) is 3.83. The highest BCUT2D eigenvalue weighted by Crippen LogP contribution is 2.24. The third-order valence-electron chi connectivity index (χ3n) is 4.39. The number of aromatic nitrogens is 2. The zero-order chi connectivity index (χ0) is 17.6. The Morgan fingerprint density at radius 3 is 2.64 bits per heavy atom. The molecule has 0 atom stereocenters. The van der Waals surface area contributed by atoms with Crippen LogP contribution in [0, 0.1) is 6.92 Å². The smallest absolute Gasteiger partial charge is 0.114 e. The van der Waals surface area contributed by atoms with Gasteiger partial charge in [-0.2, -0.15) is 0 Å². The summed E-state index contributed by atoms with van der Waals surface area (Å²) in [5.41, 5.74) is 14.1. The normalized spacial score (nSPS) is 10.8. The lowest BCUT2D eigenvalue weighted by Gasteiger charge is -2.10. The lowest BCUT2D eigenvalue weighted by atomic mass is 10.1. The molecule has 25 heavy (non-hydrogen) atoms. The molecule has 0 N–H and O–H groups in total. The lowest BCUT2D eigenvalue weighted by Crippen LogP contribution is -2.02. The van der Waals surface area contributed by atoms with E-state index in [9.17, 15) is 0 Å². The quantitative estimate of drug-likeness (QED) is 0.318. The van der Waals surface area contributed by atoms with E-state index in [1.165, 1.54) is 11.1 Å². The van der Waals surface area contributed by atoms with E-state index < -0.39 is 0 Å². The Balaban J connectivity index is 2.00. The van der Waals surface area contributed by atoms with Crippen molar-refractivity contribution in [2.24, 2.45) is 5.11 Å². The van der Waals surface area contributed by atoms with Gasteiger partial charge in [-0.3, -0.25) is 4.57 Å². The first-order valence-corrected chi connectivity index (χ1v) is 8.81. The number of azide groups is 1. The minimum atomic E-state index is 0.491. The highest BCUT2D eigenvalue weighted by Gasteiger charge is 2.12. The summed E-state index contributed by atoms with van der Waals surface area (Å²) in [6, 6.07) is 14.9. The van der Waals surface area contributed by atoms with Crippen molar-refractivity contribution in [1.82, 2.24) is 9.55 Å². The largest absolute Gasteiger partial charge is 0.296 e. The number of rotatable bonds is 7. The van der Waals surface area contributed by atoms with Crippen LogP contribution in [0.3, 0.4) is 0 Å². The van der Waals surface area contributed by atoms with E-state index in [0.717, 1.165) is 48.2 Å². The molecule has 2 aromatic carbocycles. The van der Waals surface area contributed by atoms with Crippen molar-refractivity contribution in [2.45, 2.75) is 39.5 Å². The van der Waals surface area contributed by atoms with E-state index in [1.54, 1.807) is 0 Å². The topological polar surface area (TPSA) is 66.6 Å². The SMILES string of the molecule is CCCCc1nc2ccc(C)cc2n1-c1ccc(CCN=[N+]=[N-])cc1. The molecule has 0 saturated heterocycles. The molecule has 0 amide bonds. The predicted octanol–water partition coefficient (Wildman–Crippen LogP) is 5.53. The zero-order valence-electron chi connectivity index (χ0n) is 14.8. The molecule has 3 rings (SSSR count). The standard InChI is InChI=1S/C20H23N5/c1-3-4-5-20-23-18-11-6-15(2)14-19(18)25(20)17-9-7-16(8-10-17)12-13-22-24-21/h6-11,14H,3-5,12-13H2,1-2H3. The van der Waals surface area contributed by atoms with Crippen molar-refractivity contribution in [3.8, 4) is 5.69 Å². The van der Waals surface area contributed by atoms with Crippen LogP contribution in [0.25, 0.3) is 27.2 Å². The molecule has 128 valence electrons. The maximum absolute atomic E-state index is 8.39. The number of benzene rings is 2. The fraction of sp³-hybridized carbons (Fsp3) is 0.350. The molecule has 0 unspecified atom stereocenters. The Kier molecular flexibility index (Phi) is 5.36. The fourth-order valence-electron chi connectivity index (χ4n) is 3.06. The number of imidazole rings is 1. The second-order valence-corrected chi connectivity index (χ2v) is 6.33. The van der Waals surface area contributed by atoms with Crippen LogP contribution < -0.4 is 0 Å². The van der Waals surface area contributed by atoms with Crippen molar-refractivity contribution in [1.29, 1.82) is 0 Å². The summed E-state index contributed by atoms with van der Waals surface area (Å²) in [6.45, 7) is 4.81. The average Bonchev–Trinajstić information content (AvgIpc) is 2.98. The minimum absolute atomic E-state index is 0.491. The van der Waals surface area contributed by atoms with Crippen LogP contribution >= 0.6 is 0 Å². The number of nitrogens with zero attached hydrogens (tertiary/aromatic N) is 5. The summed E-state index contributed by atoms with van der Waals surface area (Å²) in [5, 5.41) is 3.60. The molecule has 0 fully saturated rings. The van der Waals surface area contributed by atoms with Crippen LogP contribution in [0.5, 0.6) is 0 Å². The molecule has 1 aromatic heterocycles. The van der Waals surface area contributed by atoms with E-state index in [4.69, 9.17) is 10.5 Å². The Hall–Kier alpha value is -2.78. The minimum Gasteiger partial charge on any atom is -0.296 e. The van der Waals surface area contributed by atoms with Crippen LogP contribution in [0.15, 0.2) is 47.6 Å². The van der Waals surface area contributed by atoms with Gasteiger partial charge >= 0.3 is 0 Å². The van der Waals surface area contributed by atoms with Crippen LogP contribution in [0.1, 0.15) is 36.7 Å². The molecule has 0 aliphatic heterocycles. The number of fused-ring (bicyclic) bond motifs is 1. The Morgan fingerprint density at radius 1 is 1.12 bits per heavy atom. The van der Waals surface area contributed by atoms with Gasteiger partial charge in [0.2, 0.25) is 0 Å². The zero-order valence-corrected chi connectivity index (χ0v) is 14.8. The van der Waals surface area contributed by atoms with Gasteiger partial charge in [-0.15, -0.1) is 0 Å². The van der Waals surface area contributed by atoms with Gasteiger partial charge in [0.1, 0.15) is 5.82 Å². The first kappa shape index (κ1) is 17.1. The molecule has 0 aliphatic carbocycles. The van der Waals surface area contributed by atoms with Gasteiger partial charge in [0.25, 0.3) is 0 Å². The summed E-state index contributed by atoms with van der Waals surface area (Å²) in [6.07, 6.45) is 4.02. The molecule has 3 aromatic rings.